The second-order valence-corrected chi connectivity index (χ2v) is 6.46. The molecule has 1 atom stereocenters. The van der Waals surface area contributed by atoms with Gasteiger partial charge in [-0.05, 0) is 19.8 Å². The molecule has 1 heterocycles. The van der Waals surface area contributed by atoms with Crippen molar-refractivity contribution < 1.29 is 23.1 Å². The first-order valence-electron chi connectivity index (χ1n) is 5.73. The van der Waals surface area contributed by atoms with Gasteiger partial charge in [-0.3, -0.25) is 9.59 Å². The number of carboxylic acid groups (broad SMARTS) is 1. The summed E-state index contributed by atoms with van der Waals surface area (Å²) in [6.45, 7) is 3.58. The van der Waals surface area contributed by atoms with E-state index in [1.165, 1.54) is 6.92 Å². The Labute approximate surface area is 106 Å². The van der Waals surface area contributed by atoms with Gasteiger partial charge in [0.25, 0.3) is 0 Å². The molecule has 0 saturated carbocycles. The molecule has 7 nitrogen and oxygen atoms in total. The minimum Gasteiger partial charge on any atom is -0.480 e. The van der Waals surface area contributed by atoms with E-state index < -0.39 is 21.2 Å². The summed E-state index contributed by atoms with van der Waals surface area (Å²) >= 11 is 0. The molecule has 1 unspecified atom stereocenters. The van der Waals surface area contributed by atoms with Crippen LogP contribution in [0, 0.1) is 0 Å². The van der Waals surface area contributed by atoms with Crippen molar-refractivity contribution in [1.82, 2.24) is 9.62 Å². The van der Waals surface area contributed by atoms with E-state index in [9.17, 15) is 18.0 Å². The lowest BCUT2D eigenvalue weighted by Crippen LogP contribution is -2.48. The molecular weight excluding hydrogens is 260 g/mol. The summed E-state index contributed by atoms with van der Waals surface area (Å²) in [5.74, 6) is -1.40. The predicted octanol–water partition coefficient (Wildman–Crippen LogP) is -0.610. The quantitative estimate of drug-likeness (QED) is 0.714. The number of hydrogen-bond donors (Lipinski definition) is 2. The maximum Gasteiger partial charge on any atom is 0.323 e. The lowest BCUT2D eigenvalue weighted by Gasteiger charge is -2.31. The molecule has 0 spiro atoms. The van der Waals surface area contributed by atoms with E-state index in [0.29, 0.717) is 25.9 Å². The van der Waals surface area contributed by atoms with Crippen molar-refractivity contribution in [2.24, 2.45) is 0 Å². The van der Waals surface area contributed by atoms with Gasteiger partial charge in [-0.1, -0.05) is 0 Å². The van der Waals surface area contributed by atoms with E-state index >= 15 is 0 Å². The van der Waals surface area contributed by atoms with Gasteiger partial charge >= 0.3 is 5.97 Å². The molecule has 0 aromatic rings. The second-order valence-electron chi connectivity index (χ2n) is 4.42. The fourth-order valence-electron chi connectivity index (χ4n) is 1.78. The summed E-state index contributed by atoms with van der Waals surface area (Å²) in [4.78, 5) is 23.4. The fourth-order valence-corrected chi connectivity index (χ4v) is 2.95. The highest BCUT2D eigenvalue weighted by molar-refractivity contribution is 7.90. The van der Waals surface area contributed by atoms with E-state index in [-0.39, 0.29) is 11.9 Å². The van der Waals surface area contributed by atoms with Crippen molar-refractivity contribution in [3.05, 3.63) is 0 Å². The van der Waals surface area contributed by atoms with Gasteiger partial charge in [0.2, 0.25) is 15.9 Å². The number of nitrogens with zero attached hydrogens (tertiary/aromatic N) is 1. The zero-order valence-electron chi connectivity index (χ0n) is 10.4. The van der Waals surface area contributed by atoms with Crippen LogP contribution < -0.4 is 4.72 Å². The van der Waals surface area contributed by atoms with E-state index in [4.69, 9.17) is 5.11 Å². The van der Waals surface area contributed by atoms with Crippen LogP contribution >= 0.6 is 0 Å². The smallest absolute Gasteiger partial charge is 0.323 e. The summed E-state index contributed by atoms with van der Waals surface area (Å²) in [6.07, 6.45) is 1.01. The summed E-state index contributed by atoms with van der Waals surface area (Å²) in [5.41, 5.74) is 0. The van der Waals surface area contributed by atoms with E-state index in [1.807, 2.05) is 0 Å². The molecule has 0 radical (unpaired) electrons. The van der Waals surface area contributed by atoms with Crippen LogP contribution in [0.5, 0.6) is 0 Å². The van der Waals surface area contributed by atoms with Crippen LogP contribution in [0.4, 0.5) is 0 Å². The molecule has 1 rings (SSSR count). The fraction of sp³-hybridized carbons (Fsp3) is 0.800. The SMILES string of the molecule is CC(=O)N1CCC(NS(=O)(=O)C(C)C(=O)O)CC1. The van der Waals surface area contributed by atoms with Gasteiger partial charge in [-0.2, -0.15) is 0 Å². The Hall–Kier alpha value is -1.15. The number of carbonyl (C=O) groups is 2. The molecule has 2 N–H and O–H groups in total. The topological polar surface area (TPSA) is 104 Å². The van der Waals surface area contributed by atoms with Crippen LogP contribution in [0.3, 0.4) is 0 Å². The maximum absolute atomic E-state index is 11.7. The number of sulfonamides is 1. The third kappa shape index (κ3) is 3.67. The number of hydrogen-bond acceptors (Lipinski definition) is 4. The van der Waals surface area contributed by atoms with Crippen molar-refractivity contribution in [3.8, 4) is 0 Å². The van der Waals surface area contributed by atoms with Gasteiger partial charge in [-0.25, -0.2) is 13.1 Å². The first-order chi connectivity index (χ1) is 8.24. The first kappa shape index (κ1) is 14.9. The minimum absolute atomic E-state index is 0.0322. The van der Waals surface area contributed by atoms with E-state index in [0.717, 1.165) is 6.92 Å². The highest BCUT2D eigenvalue weighted by atomic mass is 32.2. The van der Waals surface area contributed by atoms with Crippen LogP contribution in [0.1, 0.15) is 26.7 Å². The van der Waals surface area contributed by atoms with Gasteiger partial charge in [0, 0.05) is 26.1 Å². The van der Waals surface area contributed by atoms with Crippen LogP contribution in [0.25, 0.3) is 0 Å². The summed E-state index contributed by atoms with van der Waals surface area (Å²) in [5, 5.41) is 7.22. The number of carboxylic acids is 1. The zero-order chi connectivity index (χ0) is 13.9. The van der Waals surface area contributed by atoms with E-state index in [2.05, 4.69) is 4.72 Å². The molecule has 1 aliphatic heterocycles. The Kier molecular flexibility index (Phi) is 4.69. The van der Waals surface area contributed by atoms with Crippen molar-refractivity contribution >= 4 is 21.9 Å². The van der Waals surface area contributed by atoms with Crippen molar-refractivity contribution in [3.63, 3.8) is 0 Å². The average molecular weight is 278 g/mol. The molecule has 0 aromatic heterocycles. The van der Waals surface area contributed by atoms with Crippen LogP contribution in [0.15, 0.2) is 0 Å². The number of nitrogens with one attached hydrogen (secondary N) is 1. The number of aliphatic carboxylic acids is 1. The monoisotopic (exact) mass is 278 g/mol. The lowest BCUT2D eigenvalue weighted by molar-refractivity contribution is -0.136. The molecule has 1 fully saturated rings. The number of likely N-dealkylation sites (tertiary alicyclic amines) is 1. The number of rotatable bonds is 4. The maximum atomic E-state index is 11.7. The Morgan fingerprint density at radius 1 is 1.33 bits per heavy atom. The van der Waals surface area contributed by atoms with E-state index in [1.54, 1.807) is 4.90 Å². The number of piperidine rings is 1. The van der Waals surface area contributed by atoms with Gasteiger partial charge in [0.1, 0.15) is 0 Å². The predicted molar refractivity (Wildman–Crippen MR) is 64.4 cm³/mol. The third-order valence-corrected chi connectivity index (χ3v) is 4.88. The normalized spacial score (nSPS) is 19.6. The Bertz CT molecular complexity index is 426. The summed E-state index contributed by atoms with van der Waals surface area (Å²) < 4.78 is 25.8. The first-order valence-corrected chi connectivity index (χ1v) is 7.28. The Morgan fingerprint density at radius 3 is 2.22 bits per heavy atom. The Morgan fingerprint density at radius 2 is 1.83 bits per heavy atom. The molecule has 1 aliphatic rings. The molecule has 0 aliphatic carbocycles. The van der Waals surface area contributed by atoms with Gasteiger partial charge in [0.15, 0.2) is 5.25 Å². The van der Waals surface area contributed by atoms with Gasteiger partial charge < -0.3 is 10.0 Å². The molecule has 0 aromatic carbocycles. The standard InChI is InChI=1S/C10H18N2O5S/c1-7(10(14)15)18(16,17)11-9-3-5-12(6-4-9)8(2)13/h7,9,11H,3-6H2,1-2H3,(H,14,15). The van der Waals surface area contributed by atoms with Gasteiger partial charge in [-0.15, -0.1) is 0 Å². The van der Waals surface area contributed by atoms with Crippen molar-refractivity contribution in [1.29, 1.82) is 0 Å². The largest absolute Gasteiger partial charge is 0.480 e. The molecule has 1 amide bonds. The third-order valence-electron chi connectivity index (χ3n) is 3.08. The second kappa shape index (κ2) is 5.66. The number of amides is 1. The average Bonchev–Trinajstić information content (AvgIpc) is 2.28. The lowest BCUT2D eigenvalue weighted by atomic mass is 10.1. The minimum atomic E-state index is -3.85. The summed E-state index contributed by atoms with van der Waals surface area (Å²) in [7, 11) is -3.85. The van der Waals surface area contributed by atoms with Crippen molar-refractivity contribution in [2.45, 2.75) is 38.0 Å². The molecule has 18 heavy (non-hydrogen) atoms. The summed E-state index contributed by atoms with van der Waals surface area (Å²) in [6, 6.07) is -0.299. The number of carbonyl (C=O) groups excluding carboxylic acids is 1. The van der Waals surface area contributed by atoms with Crippen LogP contribution in [-0.4, -0.2) is 54.7 Å². The van der Waals surface area contributed by atoms with Crippen LogP contribution in [0.2, 0.25) is 0 Å². The zero-order valence-corrected chi connectivity index (χ0v) is 11.2. The van der Waals surface area contributed by atoms with Crippen molar-refractivity contribution in [2.75, 3.05) is 13.1 Å². The Balaban J connectivity index is 2.55. The highest BCUT2D eigenvalue weighted by Crippen LogP contribution is 2.12. The molecule has 104 valence electrons. The molecule has 8 heteroatoms. The molecular formula is C10H18N2O5S. The highest BCUT2D eigenvalue weighted by Gasteiger charge is 2.31. The van der Waals surface area contributed by atoms with Gasteiger partial charge in [0.05, 0.1) is 0 Å². The molecule has 1 saturated heterocycles. The molecule has 0 bridgehead atoms. The van der Waals surface area contributed by atoms with Crippen LogP contribution in [-0.2, 0) is 19.6 Å².